The number of Topliss-reactive ketones (excluding diaryl/α,β-unsaturated/α-hetero) is 1. The van der Waals surface area contributed by atoms with Crippen molar-refractivity contribution in [3.63, 3.8) is 0 Å². The summed E-state index contributed by atoms with van der Waals surface area (Å²) in [5, 5.41) is 20.9. The van der Waals surface area contributed by atoms with E-state index in [4.69, 9.17) is 14.3 Å². The molecule has 2 aromatic rings. The predicted octanol–water partition coefficient (Wildman–Crippen LogP) is 3.18. The summed E-state index contributed by atoms with van der Waals surface area (Å²) in [5.74, 6) is -0.0898. The van der Waals surface area contributed by atoms with Crippen molar-refractivity contribution in [3.05, 3.63) is 47.5 Å². The maximum Gasteiger partial charge on any atom is 0.319 e. The van der Waals surface area contributed by atoms with Gasteiger partial charge in [-0.1, -0.05) is 39.0 Å². The number of aliphatic hydroxyl groups is 1. The lowest BCUT2D eigenvalue weighted by Gasteiger charge is -2.62. The van der Waals surface area contributed by atoms with Crippen molar-refractivity contribution in [1.29, 1.82) is 0 Å². The average Bonchev–Trinajstić information content (AvgIpc) is 3.50. The molecular weight excluding hydrogens is 678 g/mol. The number of esters is 1. The summed E-state index contributed by atoms with van der Waals surface area (Å²) in [7, 11) is 5.35. The monoisotopic (exact) mass is 735 g/mol. The van der Waals surface area contributed by atoms with Gasteiger partial charge in [0, 0.05) is 55.6 Å². The van der Waals surface area contributed by atoms with Crippen LogP contribution in [0.25, 0.3) is 11.1 Å². The fourth-order valence-corrected chi connectivity index (χ4v) is 8.63. The van der Waals surface area contributed by atoms with E-state index >= 15 is 0 Å². The molecule has 13 nitrogen and oxygen atoms in total. The number of hydrogen-bond donors (Lipinski definition) is 4. The van der Waals surface area contributed by atoms with Crippen molar-refractivity contribution >= 4 is 29.3 Å². The van der Waals surface area contributed by atoms with Gasteiger partial charge >= 0.3 is 5.97 Å². The molecule has 3 aliphatic carbocycles. The first-order chi connectivity index (χ1) is 25.2. The standard InChI is InChI=1S/C40H57N5O8/c1-9-52-34(48)20-41-13-14-42-38(49)27-15-26(16-29(17-27)44(6)7)30-12-10-11-25(37(30)51-8)21-45-36(35(24(3)47)33(22-46)53-45)39(50)43-32-19-28-18-31(23(32)2)40(28,4)5/h10-12,15-17,23,28,31-33,35-36,41,46H,9,13-14,18-22H2,1-8H3,(H,42,49)(H,43,50)/t23-,28+,31-,32-,33-,35+,36-/m0/s1. The second-order valence-corrected chi connectivity index (χ2v) is 15.5. The molecule has 0 spiro atoms. The molecule has 0 unspecified atom stereocenters. The highest BCUT2D eigenvalue weighted by Crippen LogP contribution is 2.61. The lowest BCUT2D eigenvalue weighted by molar-refractivity contribution is -0.183. The maximum atomic E-state index is 14.2. The summed E-state index contributed by atoms with van der Waals surface area (Å²) < 4.78 is 10.9. The molecule has 3 saturated carbocycles. The van der Waals surface area contributed by atoms with Crippen LogP contribution in [0, 0.1) is 29.1 Å². The summed E-state index contributed by atoms with van der Waals surface area (Å²) in [4.78, 5) is 60.2. The van der Waals surface area contributed by atoms with Gasteiger partial charge in [0.15, 0.2) is 0 Å². The first kappa shape index (κ1) is 40.2. The number of ether oxygens (including phenoxy) is 2. The lowest BCUT2D eigenvalue weighted by atomic mass is 9.45. The summed E-state index contributed by atoms with van der Waals surface area (Å²) in [6.45, 7) is 10.8. The Labute approximate surface area is 313 Å². The molecule has 7 atom stereocenters. The Morgan fingerprint density at radius 2 is 1.85 bits per heavy atom. The van der Waals surface area contributed by atoms with Crippen LogP contribution in [0.5, 0.6) is 5.75 Å². The van der Waals surface area contributed by atoms with E-state index in [1.807, 2.05) is 43.3 Å². The Bertz CT molecular complexity index is 1660. The first-order valence-electron chi connectivity index (χ1n) is 18.7. The van der Waals surface area contributed by atoms with E-state index in [2.05, 4.69) is 36.7 Å². The van der Waals surface area contributed by atoms with E-state index in [0.29, 0.717) is 54.3 Å². The molecule has 2 aromatic carbocycles. The quantitative estimate of drug-likeness (QED) is 0.148. The van der Waals surface area contributed by atoms with E-state index in [0.717, 1.165) is 23.2 Å². The summed E-state index contributed by atoms with van der Waals surface area (Å²) in [6.07, 6.45) is 1.20. The minimum Gasteiger partial charge on any atom is -0.496 e. The van der Waals surface area contributed by atoms with Gasteiger partial charge in [-0.05, 0) is 73.6 Å². The number of nitrogens with one attached hydrogen (secondary N) is 3. The molecule has 4 N–H and O–H groups in total. The van der Waals surface area contributed by atoms with Gasteiger partial charge in [-0.25, -0.2) is 0 Å². The number of aliphatic hydroxyl groups excluding tert-OH is 1. The minimum atomic E-state index is -0.948. The number of carbonyl (C=O) groups excluding carboxylic acids is 4. The molecule has 4 fully saturated rings. The number of rotatable bonds is 16. The molecule has 53 heavy (non-hydrogen) atoms. The highest BCUT2D eigenvalue weighted by Gasteiger charge is 2.57. The van der Waals surface area contributed by atoms with Crippen LogP contribution in [0.1, 0.15) is 63.4 Å². The third kappa shape index (κ3) is 8.53. The third-order valence-corrected chi connectivity index (χ3v) is 11.7. The number of benzene rings is 2. The highest BCUT2D eigenvalue weighted by molar-refractivity contribution is 5.97. The van der Waals surface area contributed by atoms with Crippen LogP contribution in [0.3, 0.4) is 0 Å². The van der Waals surface area contributed by atoms with Crippen LogP contribution in [0.15, 0.2) is 36.4 Å². The number of methoxy groups -OCH3 is 1. The molecule has 6 rings (SSSR count). The minimum absolute atomic E-state index is 0.00370. The number of para-hydroxylation sites is 1. The van der Waals surface area contributed by atoms with Gasteiger partial charge in [0.05, 0.1) is 39.3 Å². The number of hydrogen-bond acceptors (Lipinski definition) is 11. The summed E-state index contributed by atoms with van der Waals surface area (Å²) in [5.41, 5.74) is 3.66. The highest BCUT2D eigenvalue weighted by atomic mass is 16.7. The molecule has 290 valence electrons. The third-order valence-electron chi connectivity index (χ3n) is 11.7. The Hall–Kier alpha value is -4.04. The van der Waals surface area contributed by atoms with Crippen LogP contribution in [0.4, 0.5) is 5.69 Å². The molecule has 0 aromatic heterocycles. The van der Waals surface area contributed by atoms with Gasteiger partial charge in [-0.2, -0.15) is 5.06 Å². The van der Waals surface area contributed by atoms with Crippen molar-refractivity contribution < 1.29 is 38.6 Å². The first-order valence-corrected chi connectivity index (χ1v) is 18.7. The Kier molecular flexibility index (Phi) is 12.9. The molecule has 0 radical (unpaired) electrons. The van der Waals surface area contributed by atoms with Gasteiger partial charge in [-0.3, -0.25) is 24.0 Å². The van der Waals surface area contributed by atoms with Crippen molar-refractivity contribution in [2.45, 2.75) is 72.2 Å². The van der Waals surface area contributed by atoms with E-state index < -0.39 is 24.7 Å². The van der Waals surface area contributed by atoms with Gasteiger partial charge < -0.3 is 35.4 Å². The van der Waals surface area contributed by atoms with Gasteiger partial charge in [-0.15, -0.1) is 0 Å². The molecule has 1 heterocycles. The lowest BCUT2D eigenvalue weighted by Crippen LogP contribution is -2.62. The van der Waals surface area contributed by atoms with Crippen LogP contribution in [-0.4, -0.2) is 106 Å². The Balaban J connectivity index is 1.38. The van der Waals surface area contributed by atoms with Crippen LogP contribution >= 0.6 is 0 Å². The maximum absolute atomic E-state index is 14.2. The molecule has 13 heteroatoms. The SMILES string of the molecule is CCOC(=O)CNCCNC(=O)c1cc(-c2cccc(CN3O[C@@H](CO)[C@@H](C(C)=O)[C@H]3C(=O)N[C@H]3C[C@H]4C[C@@H]([C@@H]3C)C4(C)C)c2OC)cc(N(C)C)c1. The zero-order valence-corrected chi connectivity index (χ0v) is 32.4. The smallest absolute Gasteiger partial charge is 0.319 e. The van der Waals surface area contributed by atoms with Crippen LogP contribution < -0.4 is 25.6 Å². The van der Waals surface area contributed by atoms with Crippen LogP contribution in [0.2, 0.25) is 0 Å². The Morgan fingerprint density at radius 3 is 2.47 bits per heavy atom. The number of nitrogens with zero attached hydrogens (tertiary/aromatic N) is 2. The molecule has 4 aliphatic rings. The number of ketones is 1. The summed E-state index contributed by atoms with van der Waals surface area (Å²) in [6, 6.07) is 10.3. The molecule has 2 bridgehead atoms. The number of carbonyl (C=O) groups is 4. The van der Waals surface area contributed by atoms with E-state index in [9.17, 15) is 24.3 Å². The molecule has 1 aliphatic heterocycles. The van der Waals surface area contributed by atoms with Crippen molar-refractivity contribution in [3.8, 4) is 16.9 Å². The van der Waals surface area contributed by atoms with E-state index in [-0.39, 0.29) is 48.1 Å². The van der Waals surface area contributed by atoms with Crippen molar-refractivity contribution in [1.82, 2.24) is 21.0 Å². The largest absolute Gasteiger partial charge is 0.496 e. The second kappa shape index (κ2) is 17.0. The number of anilines is 1. The molecular formula is C40H57N5O8. The van der Waals surface area contributed by atoms with E-state index in [1.54, 1.807) is 26.2 Å². The van der Waals surface area contributed by atoms with Gasteiger partial charge in [0.25, 0.3) is 5.91 Å². The predicted molar refractivity (Wildman–Crippen MR) is 201 cm³/mol. The average molecular weight is 736 g/mol. The topological polar surface area (TPSA) is 159 Å². The number of fused-ring (bicyclic) bond motifs is 2. The zero-order valence-electron chi connectivity index (χ0n) is 32.4. The Morgan fingerprint density at radius 1 is 1.09 bits per heavy atom. The van der Waals surface area contributed by atoms with Crippen LogP contribution in [-0.2, 0) is 30.5 Å². The van der Waals surface area contributed by atoms with E-state index in [1.165, 1.54) is 18.4 Å². The molecule has 2 amide bonds. The number of hydroxylamine groups is 2. The second-order valence-electron chi connectivity index (χ2n) is 15.5. The van der Waals surface area contributed by atoms with Gasteiger partial charge in [0.2, 0.25) is 5.91 Å². The number of amides is 2. The fourth-order valence-electron chi connectivity index (χ4n) is 8.63. The summed E-state index contributed by atoms with van der Waals surface area (Å²) >= 11 is 0. The normalized spacial score (nSPS) is 25.9. The molecule has 1 saturated heterocycles. The zero-order chi connectivity index (χ0) is 38.6. The van der Waals surface area contributed by atoms with Gasteiger partial charge in [0.1, 0.15) is 23.7 Å². The van der Waals surface area contributed by atoms with Crippen molar-refractivity contribution in [2.24, 2.45) is 29.1 Å². The van der Waals surface area contributed by atoms with Crippen molar-refractivity contribution in [2.75, 3.05) is 59.0 Å². The fraction of sp³-hybridized carbons (Fsp3) is 0.600.